The van der Waals surface area contributed by atoms with Crippen LogP contribution in [0.5, 0.6) is 0 Å². The smallest absolute Gasteiger partial charge is 0.340 e. The molecule has 120 valence electrons. The molecule has 1 aromatic rings. The van der Waals surface area contributed by atoms with Gasteiger partial charge in [0, 0.05) is 18.4 Å². The van der Waals surface area contributed by atoms with Crippen molar-refractivity contribution in [3.8, 4) is 0 Å². The Kier molecular flexibility index (Phi) is 3.54. The SMILES string of the molecule is CC(C)(C)OC(=O)C1Cc2c(C(=O)O)c(I)nn2CC12CC2. The van der Waals surface area contributed by atoms with Gasteiger partial charge in [-0.3, -0.25) is 9.48 Å². The third-order valence-electron chi connectivity index (χ3n) is 4.41. The Morgan fingerprint density at radius 2 is 2.05 bits per heavy atom. The fourth-order valence-corrected chi connectivity index (χ4v) is 4.01. The number of nitrogens with zero attached hydrogens (tertiary/aromatic N) is 2. The van der Waals surface area contributed by atoms with E-state index in [1.54, 1.807) is 4.68 Å². The number of carboxylic acids is 1. The van der Waals surface area contributed by atoms with Crippen LogP contribution in [0, 0.1) is 15.0 Å². The maximum atomic E-state index is 12.6. The number of ether oxygens (including phenoxy) is 1. The predicted molar refractivity (Wildman–Crippen MR) is 86.6 cm³/mol. The zero-order valence-electron chi connectivity index (χ0n) is 12.9. The first-order valence-electron chi connectivity index (χ1n) is 7.34. The summed E-state index contributed by atoms with van der Waals surface area (Å²) >= 11 is 1.95. The van der Waals surface area contributed by atoms with E-state index >= 15 is 0 Å². The van der Waals surface area contributed by atoms with Crippen molar-refractivity contribution in [3.05, 3.63) is 15.0 Å². The summed E-state index contributed by atoms with van der Waals surface area (Å²) in [6, 6.07) is 0. The minimum Gasteiger partial charge on any atom is -0.478 e. The second-order valence-corrected chi connectivity index (χ2v) is 8.25. The number of hydrogen-bond acceptors (Lipinski definition) is 4. The van der Waals surface area contributed by atoms with Gasteiger partial charge in [0.25, 0.3) is 0 Å². The van der Waals surface area contributed by atoms with E-state index in [9.17, 15) is 14.7 Å². The van der Waals surface area contributed by atoms with E-state index in [0.717, 1.165) is 12.8 Å². The second kappa shape index (κ2) is 4.94. The van der Waals surface area contributed by atoms with Gasteiger partial charge in [0.15, 0.2) is 0 Å². The highest BCUT2D eigenvalue weighted by molar-refractivity contribution is 14.1. The van der Waals surface area contributed by atoms with Gasteiger partial charge in [-0.25, -0.2) is 4.79 Å². The number of fused-ring (bicyclic) bond motifs is 1. The van der Waals surface area contributed by atoms with Crippen LogP contribution >= 0.6 is 22.6 Å². The first-order valence-corrected chi connectivity index (χ1v) is 8.42. The molecule has 0 bridgehead atoms. The molecule has 1 aliphatic heterocycles. The van der Waals surface area contributed by atoms with Crippen molar-refractivity contribution in [2.24, 2.45) is 11.3 Å². The summed E-state index contributed by atoms with van der Waals surface area (Å²) in [4.78, 5) is 24.0. The monoisotopic (exact) mass is 418 g/mol. The molecule has 0 saturated heterocycles. The Morgan fingerprint density at radius 1 is 1.41 bits per heavy atom. The standard InChI is InChI=1S/C15H19IN2O4/c1-14(2,3)22-13(21)8-6-9-10(12(19)20)11(16)17-18(9)7-15(8)4-5-15/h8H,4-7H2,1-3H3,(H,19,20). The summed E-state index contributed by atoms with van der Waals surface area (Å²) in [7, 11) is 0. The van der Waals surface area contributed by atoms with Gasteiger partial charge >= 0.3 is 11.9 Å². The Labute approximate surface area is 142 Å². The lowest BCUT2D eigenvalue weighted by molar-refractivity contribution is -0.163. The molecule has 1 atom stereocenters. The van der Waals surface area contributed by atoms with Crippen LogP contribution in [0.1, 0.15) is 49.7 Å². The maximum absolute atomic E-state index is 12.6. The molecule has 22 heavy (non-hydrogen) atoms. The highest BCUT2D eigenvalue weighted by Gasteiger charge is 2.57. The molecule has 1 aromatic heterocycles. The molecule has 1 aliphatic carbocycles. The molecule has 0 aromatic carbocycles. The van der Waals surface area contributed by atoms with Gasteiger partial charge in [-0.15, -0.1) is 0 Å². The van der Waals surface area contributed by atoms with Crippen molar-refractivity contribution < 1.29 is 19.4 Å². The number of rotatable bonds is 2. The number of aromatic carboxylic acids is 1. The lowest BCUT2D eigenvalue weighted by Gasteiger charge is -2.33. The van der Waals surface area contributed by atoms with Gasteiger partial charge in [-0.05, 0) is 56.2 Å². The number of carbonyl (C=O) groups excluding carboxylic acids is 1. The number of hydrogen-bond donors (Lipinski definition) is 1. The molecule has 6 nitrogen and oxygen atoms in total. The minimum absolute atomic E-state index is 0.0970. The average molecular weight is 418 g/mol. The summed E-state index contributed by atoms with van der Waals surface area (Å²) in [5.74, 6) is -1.48. The lowest BCUT2D eigenvalue weighted by atomic mass is 9.81. The van der Waals surface area contributed by atoms with E-state index in [-0.39, 0.29) is 22.9 Å². The van der Waals surface area contributed by atoms with E-state index in [4.69, 9.17) is 4.74 Å². The molecule has 1 N–H and O–H groups in total. The molecule has 1 saturated carbocycles. The number of aromatic nitrogens is 2. The van der Waals surface area contributed by atoms with E-state index in [1.807, 2.05) is 43.4 Å². The van der Waals surface area contributed by atoms with Crippen molar-refractivity contribution in [1.82, 2.24) is 9.78 Å². The van der Waals surface area contributed by atoms with Gasteiger partial charge in [0.1, 0.15) is 14.9 Å². The number of esters is 1. The fraction of sp³-hybridized carbons (Fsp3) is 0.667. The van der Waals surface area contributed by atoms with Crippen LogP contribution in [0.2, 0.25) is 0 Å². The molecule has 1 fully saturated rings. The van der Waals surface area contributed by atoms with E-state index in [1.165, 1.54) is 0 Å². The molecular weight excluding hydrogens is 399 g/mol. The van der Waals surface area contributed by atoms with E-state index in [0.29, 0.717) is 22.4 Å². The van der Waals surface area contributed by atoms with Gasteiger partial charge < -0.3 is 9.84 Å². The number of halogens is 1. The van der Waals surface area contributed by atoms with E-state index in [2.05, 4.69) is 5.10 Å². The third kappa shape index (κ3) is 2.63. The zero-order chi connectivity index (χ0) is 16.3. The van der Waals surface area contributed by atoms with Gasteiger partial charge in [-0.2, -0.15) is 5.10 Å². The number of carbonyl (C=O) groups is 2. The topological polar surface area (TPSA) is 81.4 Å². The lowest BCUT2D eigenvalue weighted by Crippen LogP contribution is -2.40. The van der Waals surface area contributed by atoms with Crippen molar-refractivity contribution in [3.63, 3.8) is 0 Å². The summed E-state index contributed by atoms with van der Waals surface area (Å²) in [6.07, 6.45) is 2.33. The van der Waals surface area contributed by atoms with Crippen molar-refractivity contribution in [2.75, 3.05) is 0 Å². The maximum Gasteiger partial charge on any atom is 0.340 e. The van der Waals surface area contributed by atoms with Crippen LogP contribution in [0.15, 0.2) is 0 Å². The Bertz CT molecular complexity index is 655. The van der Waals surface area contributed by atoms with Gasteiger partial charge in [-0.1, -0.05) is 0 Å². The first kappa shape index (κ1) is 15.8. The predicted octanol–water partition coefficient (Wildman–Crippen LogP) is 2.48. The Hall–Kier alpha value is -1.12. The summed E-state index contributed by atoms with van der Waals surface area (Å²) in [6.45, 7) is 6.16. The number of carboxylic acid groups (broad SMARTS) is 1. The summed E-state index contributed by atoms with van der Waals surface area (Å²) < 4.78 is 7.82. The van der Waals surface area contributed by atoms with Crippen molar-refractivity contribution >= 4 is 34.5 Å². The summed E-state index contributed by atoms with van der Waals surface area (Å²) in [5, 5.41) is 13.7. The molecule has 7 heteroatoms. The van der Waals surface area contributed by atoms with Crippen molar-refractivity contribution in [2.45, 2.75) is 52.2 Å². The van der Waals surface area contributed by atoms with Crippen LogP contribution in [-0.2, 0) is 22.5 Å². The average Bonchev–Trinajstić information content (AvgIpc) is 3.00. The summed E-state index contributed by atoms with van der Waals surface area (Å²) in [5.41, 5.74) is 0.240. The molecule has 3 rings (SSSR count). The van der Waals surface area contributed by atoms with E-state index < -0.39 is 11.6 Å². The highest BCUT2D eigenvalue weighted by Crippen LogP contribution is 2.57. The first-order chi connectivity index (χ1) is 10.1. The Balaban J connectivity index is 1.95. The normalized spacial score (nSPS) is 22.3. The van der Waals surface area contributed by atoms with Gasteiger partial charge in [0.05, 0.1) is 11.6 Å². The van der Waals surface area contributed by atoms with Crippen molar-refractivity contribution in [1.29, 1.82) is 0 Å². The molecule has 0 radical (unpaired) electrons. The molecule has 2 heterocycles. The molecular formula is C15H19IN2O4. The molecule has 1 unspecified atom stereocenters. The Morgan fingerprint density at radius 3 is 2.55 bits per heavy atom. The van der Waals surface area contributed by atoms with Crippen LogP contribution in [0.3, 0.4) is 0 Å². The van der Waals surface area contributed by atoms with Gasteiger partial charge in [0.2, 0.25) is 0 Å². The van der Waals surface area contributed by atoms with Crippen LogP contribution < -0.4 is 0 Å². The fourth-order valence-electron chi connectivity index (χ4n) is 3.21. The minimum atomic E-state index is -0.986. The largest absolute Gasteiger partial charge is 0.478 e. The van der Waals surface area contributed by atoms with Crippen LogP contribution in [-0.4, -0.2) is 32.4 Å². The molecule has 1 spiro atoms. The highest BCUT2D eigenvalue weighted by atomic mass is 127. The van der Waals surface area contributed by atoms with Crippen LogP contribution in [0.25, 0.3) is 0 Å². The quantitative estimate of drug-likeness (QED) is 0.590. The molecule has 0 amide bonds. The molecule has 2 aliphatic rings. The second-order valence-electron chi connectivity index (χ2n) is 7.23. The van der Waals surface area contributed by atoms with Crippen LogP contribution in [0.4, 0.5) is 0 Å². The zero-order valence-corrected chi connectivity index (χ0v) is 15.0. The third-order valence-corrected chi connectivity index (χ3v) is 5.17.